The molecule has 15 heavy (non-hydrogen) atoms. The number of nitrogens with one attached hydrogen (secondary N) is 1. The van der Waals surface area contributed by atoms with E-state index < -0.39 is 11.6 Å². The van der Waals surface area contributed by atoms with E-state index in [9.17, 15) is 8.78 Å². The molecule has 1 N–H and O–H groups in total. The van der Waals surface area contributed by atoms with Gasteiger partial charge in [-0.2, -0.15) is 0 Å². The van der Waals surface area contributed by atoms with E-state index in [-0.39, 0.29) is 11.9 Å². The van der Waals surface area contributed by atoms with E-state index in [1.165, 1.54) is 0 Å². The fourth-order valence-electron chi connectivity index (χ4n) is 1.30. The minimum absolute atomic E-state index is 0.0758. The topological polar surface area (TPSA) is 24.9 Å². The van der Waals surface area contributed by atoms with E-state index in [4.69, 9.17) is 0 Å². The predicted molar refractivity (Wildman–Crippen MR) is 60.2 cm³/mol. The van der Waals surface area contributed by atoms with Crippen LogP contribution >= 0.6 is 15.9 Å². The molecular weight excluding hydrogens is 266 g/mol. The molecule has 0 amide bonds. The largest absolute Gasteiger partial charge is 0.365 e. The average molecular weight is 279 g/mol. The third-order valence-electron chi connectivity index (χ3n) is 1.87. The van der Waals surface area contributed by atoms with Crippen molar-refractivity contribution in [1.29, 1.82) is 0 Å². The fourth-order valence-corrected chi connectivity index (χ4v) is 1.86. The molecule has 84 valence electrons. The summed E-state index contributed by atoms with van der Waals surface area (Å²) in [6.45, 7) is 3.93. The number of rotatable bonds is 4. The highest BCUT2D eigenvalue weighted by molar-refractivity contribution is 9.09. The smallest absolute Gasteiger partial charge is 0.168 e. The van der Waals surface area contributed by atoms with Gasteiger partial charge in [0.1, 0.15) is 5.82 Å². The summed E-state index contributed by atoms with van der Waals surface area (Å²) in [6.07, 6.45) is 1.83. The van der Waals surface area contributed by atoms with Crippen LogP contribution in [0.2, 0.25) is 0 Å². The van der Waals surface area contributed by atoms with E-state index in [2.05, 4.69) is 26.2 Å². The Morgan fingerprint density at radius 1 is 1.47 bits per heavy atom. The molecule has 0 bridgehead atoms. The van der Waals surface area contributed by atoms with Crippen LogP contribution in [0.5, 0.6) is 0 Å². The second-order valence-electron chi connectivity index (χ2n) is 3.55. The van der Waals surface area contributed by atoms with Gasteiger partial charge in [-0.1, -0.05) is 22.9 Å². The summed E-state index contributed by atoms with van der Waals surface area (Å²) in [5.74, 6) is -1.24. The Labute approximate surface area is 96.2 Å². The Bertz CT molecular complexity index is 331. The first-order chi connectivity index (χ1) is 6.99. The molecule has 0 spiro atoms. The minimum Gasteiger partial charge on any atom is -0.365 e. The molecule has 1 heterocycles. The third-order valence-corrected chi connectivity index (χ3v) is 2.24. The molecule has 0 aliphatic rings. The fraction of sp³-hybridized carbons (Fsp3) is 0.500. The molecule has 0 radical (unpaired) electrons. The zero-order valence-corrected chi connectivity index (χ0v) is 10.2. The van der Waals surface area contributed by atoms with Crippen LogP contribution in [-0.2, 0) is 0 Å². The van der Waals surface area contributed by atoms with Gasteiger partial charge < -0.3 is 5.32 Å². The Morgan fingerprint density at radius 2 is 2.13 bits per heavy atom. The van der Waals surface area contributed by atoms with Crippen molar-refractivity contribution < 1.29 is 8.78 Å². The van der Waals surface area contributed by atoms with Crippen molar-refractivity contribution in [1.82, 2.24) is 4.98 Å². The van der Waals surface area contributed by atoms with Crippen LogP contribution in [0.1, 0.15) is 20.3 Å². The molecule has 0 fully saturated rings. The second-order valence-corrected chi connectivity index (χ2v) is 5.11. The normalized spacial score (nSPS) is 14.7. The molecule has 1 rings (SSSR count). The van der Waals surface area contributed by atoms with E-state index in [0.717, 1.165) is 18.7 Å². The summed E-state index contributed by atoms with van der Waals surface area (Å²) in [4.78, 5) is 3.99. The highest BCUT2D eigenvalue weighted by Gasteiger charge is 2.10. The molecule has 2 nitrogen and oxygen atoms in total. The van der Waals surface area contributed by atoms with Gasteiger partial charge in [0.05, 0.1) is 6.20 Å². The second kappa shape index (κ2) is 5.39. The van der Waals surface area contributed by atoms with Crippen molar-refractivity contribution in [2.24, 2.45) is 0 Å². The van der Waals surface area contributed by atoms with Crippen molar-refractivity contribution in [2.75, 3.05) is 5.32 Å². The van der Waals surface area contributed by atoms with Gasteiger partial charge in [-0.25, -0.2) is 13.8 Å². The number of hydrogen-bond acceptors (Lipinski definition) is 2. The molecule has 1 aromatic rings. The van der Waals surface area contributed by atoms with Gasteiger partial charge in [0, 0.05) is 16.9 Å². The maximum Gasteiger partial charge on any atom is 0.168 e. The summed E-state index contributed by atoms with van der Waals surface area (Å²) < 4.78 is 25.7. The van der Waals surface area contributed by atoms with Crippen molar-refractivity contribution in [3.63, 3.8) is 0 Å². The quantitative estimate of drug-likeness (QED) is 0.855. The van der Waals surface area contributed by atoms with Gasteiger partial charge >= 0.3 is 0 Å². The molecule has 0 aliphatic carbocycles. The van der Waals surface area contributed by atoms with Crippen LogP contribution in [0.4, 0.5) is 14.6 Å². The first-order valence-electron chi connectivity index (χ1n) is 4.70. The number of hydrogen-bond donors (Lipinski definition) is 1. The maximum absolute atomic E-state index is 13.2. The van der Waals surface area contributed by atoms with Crippen LogP contribution in [0, 0.1) is 11.6 Å². The molecule has 5 heteroatoms. The van der Waals surface area contributed by atoms with Crippen LogP contribution < -0.4 is 5.32 Å². The highest BCUT2D eigenvalue weighted by atomic mass is 79.9. The van der Waals surface area contributed by atoms with Gasteiger partial charge in [-0.05, 0) is 13.3 Å². The lowest BCUT2D eigenvalue weighted by Crippen LogP contribution is -2.20. The number of pyridine rings is 1. The molecule has 0 saturated carbocycles. The van der Waals surface area contributed by atoms with Gasteiger partial charge in [0.15, 0.2) is 11.6 Å². The van der Waals surface area contributed by atoms with E-state index in [0.29, 0.717) is 4.83 Å². The Hall–Kier alpha value is -0.710. The number of alkyl halides is 1. The first kappa shape index (κ1) is 12.4. The zero-order valence-electron chi connectivity index (χ0n) is 8.60. The van der Waals surface area contributed by atoms with Crippen molar-refractivity contribution in [2.45, 2.75) is 31.1 Å². The summed E-state index contributed by atoms with van der Waals surface area (Å²) >= 11 is 3.40. The minimum atomic E-state index is -0.667. The number of anilines is 1. The van der Waals surface area contributed by atoms with E-state index in [1.54, 1.807) is 0 Å². The van der Waals surface area contributed by atoms with Crippen LogP contribution in [0.15, 0.2) is 12.3 Å². The Kier molecular flexibility index (Phi) is 4.45. The van der Waals surface area contributed by atoms with Gasteiger partial charge in [-0.3, -0.25) is 0 Å². The Morgan fingerprint density at radius 3 is 2.67 bits per heavy atom. The molecule has 2 unspecified atom stereocenters. The molecular formula is C10H13BrF2N2. The lowest BCUT2D eigenvalue weighted by Gasteiger charge is -2.15. The van der Waals surface area contributed by atoms with E-state index in [1.807, 2.05) is 13.8 Å². The van der Waals surface area contributed by atoms with Gasteiger partial charge in [0.25, 0.3) is 0 Å². The summed E-state index contributed by atoms with van der Waals surface area (Å²) in [5.41, 5.74) is 0. The lowest BCUT2D eigenvalue weighted by atomic mass is 10.2. The van der Waals surface area contributed by atoms with Crippen LogP contribution in [-0.4, -0.2) is 15.9 Å². The molecule has 0 aromatic carbocycles. The number of halogens is 3. The molecule has 0 saturated heterocycles. The molecule has 2 atom stereocenters. The number of aromatic nitrogens is 1. The van der Waals surface area contributed by atoms with Crippen molar-refractivity contribution in [3.05, 3.63) is 23.9 Å². The van der Waals surface area contributed by atoms with Gasteiger partial charge in [-0.15, -0.1) is 0 Å². The highest BCUT2D eigenvalue weighted by Crippen LogP contribution is 2.15. The third kappa shape index (κ3) is 4.11. The zero-order chi connectivity index (χ0) is 11.4. The SMILES string of the molecule is CC(Br)CC(C)Nc1ncc(F)cc1F. The average Bonchev–Trinajstić information content (AvgIpc) is 2.08. The first-order valence-corrected chi connectivity index (χ1v) is 5.62. The number of nitrogens with zero attached hydrogens (tertiary/aromatic N) is 1. The molecule has 1 aromatic heterocycles. The Balaban J connectivity index is 2.64. The van der Waals surface area contributed by atoms with Crippen LogP contribution in [0.3, 0.4) is 0 Å². The summed E-state index contributed by atoms with van der Waals surface area (Å²) in [7, 11) is 0. The van der Waals surface area contributed by atoms with Crippen molar-refractivity contribution >= 4 is 21.7 Å². The summed E-state index contributed by atoms with van der Waals surface area (Å²) in [6, 6.07) is 0.895. The van der Waals surface area contributed by atoms with E-state index >= 15 is 0 Å². The van der Waals surface area contributed by atoms with Gasteiger partial charge in [0.2, 0.25) is 0 Å². The van der Waals surface area contributed by atoms with Crippen LogP contribution in [0.25, 0.3) is 0 Å². The standard InChI is InChI=1S/C10H13BrF2N2/c1-6(11)3-7(2)15-10-9(13)4-8(12)5-14-10/h4-7H,3H2,1-2H3,(H,14,15). The monoisotopic (exact) mass is 278 g/mol. The summed E-state index contributed by atoms with van der Waals surface area (Å²) in [5, 5.41) is 2.89. The van der Waals surface area contributed by atoms with Crippen molar-refractivity contribution in [3.8, 4) is 0 Å². The molecule has 0 aliphatic heterocycles. The maximum atomic E-state index is 13.2. The predicted octanol–water partition coefficient (Wildman–Crippen LogP) is 3.33. The lowest BCUT2D eigenvalue weighted by molar-refractivity contribution is 0.571.